The van der Waals surface area contributed by atoms with E-state index < -0.39 is 12.1 Å². The molecule has 146 valence electrons. The van der Waals surface area contributed by atoms with Crippen LogP contribution in [0.2, 0.25) is 0 Å². The van der Waals surface area contributed by atoms with E-state index in [9.17, 15) is 14.7 Å². The lowest BCUT2D eigenvalue weighted by molar-refractivity contribution is -0.128. The number of carbonyl (C=O) groups excluding carboxylic acids is 1. The minimum Gasteiger partial charge on any atom is -0.478 e. The molecule has 1 aromatic rings. The molecule has 1 aliphatic heterocycles. The van der Waals surface area contributed by atoms with Gasteiger partial charge < -0.3 is 15.1 Å². The van der Waals surface area contributed by atoms with Crippen LogP contribution >= 0.6 is 0 Å². The average molecular weight is 371 g/mol. The summed E-state index contributed by atoms with van der Waals surface area (Å²) in [7, 11) is 0. The predicted molar refractivity (Wildman–Crippen MR) is 104 cm³/mol. The molecule has 2 N–H and O–H groups in total. The Morgan fingerprint density at radius 1 is 1.19 bits per heavy atom. The number of carboxylic acid groups (broad SMARTS) is 1. The third-order valence-corrected chi connectivity index (χ3v) is 5.82. The van der Waals surface area contributed by atoms with Gasteiger partial charge in [-0.2, -0.15) is 0 Å². The normalized spacial score (nSPS) is 22.0. The second kappa shape index (κ2) is 9.18. The summed E-state index contributed by atoms with van der Waals surface area (Å²) in [6, 6.07) is 6.86. The number of aliphatic hydroxyl groups is 1. The molecule has 1 saturated carbocycles. The Labute approximate surface area is 160 Å². The number of hydrogen-bond donors (Lipinski definition) is 2. The van der Waals surface area contributed by atoms with Crippen LogP contribution in [0.4, 0.5) is 0 Å². The molecule has 1 saturated heterocycles. The fourth-order valence-electron chi connectivity index (χ4n) is 4.23. The summed E-state index contributed by atoms with van der Waals surface area (Å²) in [6.07, 6.45) is 11.3. The van der Waals surface area contributed by atoms with E-state index in [2.05, 4.69) is 0 Å². The van der Waals surface area contributed by atoms with Crippen molar-refractivity contribution in [2.75, 3.05) is 6.54 Å². The molecule has 2 atom stereocenters. The lowest BCUT2D eigenvalue weighted by atomic mass is 9.99. The lowest BCUT2D eigenvalue weighted by Gasteiger charge is -2.23. The van der Waals surface area contributed by atoms with Gasteiger partial charge in [-0.1, -0.05) is 50.0 Å². The molecule has 0 unspecified atom stereocenters. The van der Waals surface area contributed by atoms with Crippen molar-refractivity contribution in [3.05, 3.63) is 47.5 Å². The van der Waals surface area contributed by atoms with Crippen molar-refractivity contribution in [2.45, 2.75) is 63.5 Å². The molecular formula is C22H29NO4. The van der Waals surface area contributed by atoms with E-state index in [-0.39, 0.29) is 17.5 Å². The third kappa shape index (κ3) is 5.42. The van der Waals surface area contributed by atoms with Crippen molar-refractivity contribution >= 4 is 11.9 Å². The highest BCUT2D eigenvalue weighted by molar-refractivity contribution is 5.87. The topological polar surface area (TPSA) is 77.8 Å². The summed E-state index contributed by atoms with van der Waals surface area (Å²) in [5.74, 6) is -0.144. The average Bonchev–Trinajstić information content (AvgIpc) is 3.28. The molecular weight excluding hydrogens is 342 g/mol. The molecule has 0 aromatic heterocycles. The number of carboxylic acids is 1. The zero-order valence-electron chi connectivity index (χ0n) is 15.7. The van der Waals surface area contributed by atoms with Crippen LogP contribution in [-0.4, -0.2) is 45.7 Å². The van der Waals surface area contributed by atoms with Crippen molar-refractivity contribution in [1.29, 1.82) is 0 Å². The minimum absolute atomic E-state index is 0.0500. The number of rotatable bonds is 8. The molecule has 3 rings (SSSR count). The molecule has 27 heavy (non-hydrogen) atoms. The van der Waals surface area contributed by atoms with Crippen LogP contribution < -0.4 is 0 Å². The van der Waals surface area contributed by atoms with Crippen molar-refractivity contribution in [1.82, 2.24) is 4.90 Å². The van der Waals surface area contributed by atoms with Gasteiger partial charge in [-0.05, 0) is 42.9 Å². The third-order valence-electron chi connectivity index (χ3n) is 5.82. The molecule has 1 heterocycles. The number of likely N-dealkylation sites (tertiary alicyclic amines) is 1. The summed E-state index contributed by atoms with van der Waals surface area (Å²) in [5.41, 5.74) is 1.29. The number of carbonyl (C=O) groups is 2. The SMILES string of the molecule is O=C(O)c1ccc(CCN2C(=O)CC[C@@H]2C=C[C@@H](O)CC2CCCC2)cc1. The van der Waals surface area contributed by atoms with Crippen LogP contribution in [0.1, 0.15) is 60.9 Å². The number of hydrogen-bond acceptors (Lipinski definition) is 3. The zero-order valence-corrected chi connectivity index (χ0v) is 15.7. The number of amides is 1. The smallest absolute Gasteiger partial charge is 0.335 e. The first-order valence-corrected chi connectivity index (χ1v) is 10.0. The Kier molecular flexibility index (Phi) is 6.67. The summed E-state index contributed by atoms with van der Waals surface area (Å²) < 4.78 is 0. The van der Waals surface area contributed by atoms with E-state index in [0.717, 1.165) is 18.4 Å². The van der Waals surface area contributed by atoms with Gasteiger partial charge in [-0.3, -0.25) is 4.79 Å². The molecule has 0 bridgehead atoms. The number of nitrogens with zero attached hydrogens (tertiary/aromatic N) is 1. The number of aromatic carboxylic acids is 1. The largest absolute Gasteiger partial charge is 0.478 e. The minimum atomic E-state index is -0.933. The zero-order chi connectivity index (χ0) is 19.2. The van der Waals surface area contributed by atoms with Crippen molar-refractivity contribution < 1.29 is 19.8 Å². The van der Waals surface area contributed by atoms with Crippen LogP contribution in [0.25, 0.3) is 0 Å². The second-order valence-corrected chi connectivity index (χ2v) is 7.78. The van der Waals surface area contributed by atoms with E-state index >= 15 is 0 Å². The first-order chi connectivity index (χ1) is 13.0. The summed E-state index contributed by atoms with van der Waals surface area (Å²) in [4.78, 5) is 25.0. The maximum Gasteiger partial charge on any atom is 0.335 e. The van der Waals surface area contributed by atoms with Gasteiger partial charge in [-0.15, -0.1) is 0 Å². The van der Waals surface area contributed by atoms with Gasteiger partial charge in [0.25, 0.3) is 0 Å². The van der Waals surface area contributed by atoms with Crippen LogP contribution in [0.5, 0.6) is 0 Å². The molecule has 1 aromatic carbocycles. The quantitative estimate of drug-likeness (QED) is 0.687. The van der Waals surface area contributed by atoms with Crippen LogP contribution in [0, 0.1) is 5.92 Å². The van der Waals surface area contributed by atoms with Crippen molar-refractivity contribution in [3.63, 3.8) is 0 Å². The number of aliphatic hydroxyl groups excluding tert-OH is 1. The van der Waals surface area contributed by atoms with E-state index in [4.69, 9.17) is 5.11 Å². The predicted octanol–water partition coefficient (Wildman–Crippen LogP) is 3.42. The highest BCUT2D eigenvalue weighted by atomic mass is 16.4. The fraction of sp³-hybridized carbons (Fsp3) is 0.545. The van der Waals surface area contributed by atoms with Gasteiger partial charge in [0.1, 0.15) is 0 Å². The Bertz CT molecular complexity index is 676. The van der Waals surface area contributed by atoms with Crippen molar-refractivity contribution in [3.8, 4) is 0 Å². The van der Waals surface area contributed by atoms with E-state index in [0.29, 0.717) is 25.3 Å². The Morgan fingerprint density at radius 3 is 2.56 bits per heavy atom. The van der Waals surface area contributed by atoms with Crippen LogP contribution in [-0.2, 0) is 11.2 Å². The van der Waals surface area contributed by atoms with Gasteiger partial charge in [-0.25, -0.2) is 4.79 Å². The summed E-state index contributed by atoms with van der Waals surface area (Å²) in [6.45, 7) is 0.610. The lowest BCUT2D eigenvalue weighted by Crippen LogP contribution is -2.33. The monoisotopic (exact) mass is 371 g/mol. The molecule has 1 aliphatic carbocycles. The molecule has 0 spiro atoms. The Morgan fingerprint density at radius 2 is 1.89 bits per heavy atom. The van der Waals surface area contributed by atoms with E-state index in [1.807, 2.05) is 17.1 Å². The molecule has 2 fully saturated rings. The maximum absolute atomic E-state index is 12.2. The number of benzene rings is 1. The maximum atomic E-state index is 12.2. The first kappa shape index (κ1) is 19.6. The highest BCUT2D eigenvalue weighted by Crippen LogP contribution is 2.29. The van der Waals surface area contributed by atoms with Gasteiger partial charge in [0.2, 0.25) is 5.91 Å². The molecule has 1 amide bonds. The second-order valence-electron chi connectivity index (χ2n) is 7.78. The van der Waals surface area contributed by atoms with E-state index in [1.165, 1.54) is 25.7 Å². The Hall–Kier alpha value is -2.14. The van der Waals surface area contributed by atoms with Gasteiger partial charge >= 0.3 is 5.97 Å². The first-order valence-electron chi connectivity index (χ1n) is 10.0. The fourth-order valence-corrected chi connectivity index (χ4v) is 4.23. The van der Waals surface area contributed by atoms with Gasteiger partial charge in [0.05, 0.1) is 17.7 Å². The highest BCUT2D eigenvalue weighted by Gasteiger charge is 2.29. The van der Waals surface area contributed by atoms with Crippen LogP contribution in [0.15, 0.2) is 36.4 Å². The van der Waals surface area contributed by atoms with Crippen molar-refractivity contribution in [2.24, 2.45) is 5.92 Å². The van der Waals surface area contributed by atoms with E-state index in [1.54, 1.807) is 24.3 Å². The molecule has 0 radical (unpaired) electrons. The summed E-state index contributed by atoms with van der Waals surface area (Å²) in [5, 5.41) is 19.2. The standard InChI is InChI=1S/C22H29NO4/c24-20(15-17-3-1-2-4-17)11-9-19-10-12-21(25)23(19)14-13-16-5-7-18(8-6-16)22(26)27/h5-9,11,17,19-20,24H,1-4,10,12-15H2,(H,26,27)/t19-,20+/m0/s1. The Balaban J connectivity index is 1.52. The van der Waals surface area contributed by atoms with Gasteiger partial charge in [0.15, 0.2) is 0 Å². The summed E-state index contributed by atoms with van der Waals surface area (Å²) >= 11 is 0. The molecule has 5 nitrogen and oxygen atoms in total. The van der Waals surface area contributed by atoms with Gasteiger partial charge in [0, 0.05) is 13.0 Å². The molecule has 5 heteroatoms. The van der Waals surface area contributed by atoms with Crippen LogP contribution in [0.3, 0.4) is 0 Å². The molecule has 2 aliphatic rings.